The first-order valence-corrected chi connectivity index (χ1v) is 6.51. The van der Waals surface area contributed by atoms with E-state index in [-0.39, 0.29) is 0 Å². The molecule has 4 nitrogen and oxygen atoms in total. The smallest absolute Gasteiger partial charge is 0.185 e. The minimum Gasteiger partial charge on any atom is -0.330 e. The standard InChI is InChI=1S/C12H16N4S/c1-16-12(14-9-15-16)17-8-11(7-13)10-5-3-2-4-6-10/h2-6,9,11H,7-8,13H2,1H3. The van der Waals surface area contributed by atoms with Crippen molar-refractivity contribution in [3.63, 3.8) is 0 Å². The van der Waals surface area contributed by atoms with Crippen LogP contribution in [0.1, 0.15) is 11.5 Å². The lowest BCUT2D eigenvalue weighted by molar-refractivity contribution is 0.682. The Kier molecular flexibility index (Phi) is 4.17. The molecule has 1 heterocycles. The number of nitrogens with two attached hydrogens (primary N) is 1. The molecule has 0 fully saturated rings. The summed E-state index contributed by atoms with van der Waals surface area (Å²) in [7, 11) is 1.90. The van der Waals surface area contributed by atoms with Gasteiger partial charge >= 0.3 is 0 Å². The number of thioether (sulfide) groups is 1. The van der Waals surface area contributed by atoms with Gasteiger partial charge in [0.25, 0.3) is 0 Å². The monoisotopic (exact) mass is 248 g/mol. The van der Waals surface area contributed by atoms with Crippen LogP contribution >= 0.6 is 11.8 Å². The van der Waals surface area contributed by atoms with Crippen molar-refractivity contribution in [2.45, 2.75) is 11.1 Å². The van der Waals surface area contributed by atoms with Gasteiger partial charge in [0.15, 0.2) is 5.16 Å². The number of hydrogen-bond acceptors (Lipinski definition) is 4. The van der Waals surface area contributed by atoms with E-state index in [1.165, 1.54) is 5.56 Å². The first-order valence-electron chi connectivity index (χ1n) is 5.53. The minimum absolute atomic E-state index is 0.359. The summed E-state index contributed by atoms with van der Waals surface area (Å²) in [6.07, 6.45) is 1.57. The minimum atomic E-state index is 0.359. The quantitative estimate of drug-likeness (QED) is 0.817. The molecule has 1 aromatic carbocycles. The fraction of sp³-hybridized carbons (Fsp3) is 0.333. The van der Waals surface area contributed by atoms with Crippen LogP contribution in [0.2, 0.25) is 0 Å². The lowest BCUT2D eigenvalue weighted by atomic mass is 10.0. The first-order chi connectivity index (χ1) is 8.31. The molecule has 0 spiro atoms. The van der Waals surface area contributed by atoms with Gasteiger partial charge in [-0.1, -0.05) is 42.1 Å². The predicted molar refractivity (Wildman–Crippen MR) is 70.0 cm³/mol. The van der Waals surface area contributed by atoms with Gasteiger partial charge in [-0.2, -0.15) is 5.10 Å². The van der Waals surface area contributed by atoms with Gasteiger partial charge in [-0.05, 0) is 12.1 Å². The second kappa shape index (κ2) is 5.84. The summed E-state index contributed by atoms with van der Waals surface area (Å²) < 4.78 is 1.78. The average Bonchev–Trinajstić information content (AvgIpc) is 2.77. The Morgan fingerprint density at radius 1 is 1.35 bits per heavy atom. The van der Waals surface area contributed by atoms with E-state index in [2.05, 4.69) is 22.2 Å². The van der Waals surface area contributed by atoms with E-state index in [0.717, 1.165) is 10.9 Å². The fourth-order valence-electron chi connectivity index (χ4n) is 1.62. The van der Waals surface area contributed by atoms with Gasteiger partial charge in [-0.15, -0.1) is 0 Å². The topological polar surface area (TPSA) is 56.7 Å². The summed E-state index contributed by atoms with van der Waals surface area (Å²) in [6, 6.07) is 10.4. The van der Waals surface area contributed by atoms with E-state index in [4.69, 9.17) is 5.73 Å². The summed E-state index contributed by atoms with van der Waals surface area (Å²) in [4.78, 5) is 4.19. The van der Waals surface area contributed by atoms with E-state index in [1.807, 2.05) is 25.2 Å². The van der Waals surface area contributed by atoms with Crippen molar-refractivity contribution in [3.8, 4) is 0 Å². The number of benzene rings is 1. The highest BCUT2D eigenvalue weighted by Crippen LogP contribution is 2.23. The number of rotatable bonds is 5. The molecule has 17 heavy (non-hydrogen) atoms. The molecule has 0 aliphatic carbocycles. The first kappa shape index (κ1) is 12.1. The van der Waals surface area contributed by atoms with Crippen molar-refractivity contribution in [1.29, 1.82) is 0 Å². The van der Waals surface area contributed by atoms with Crippen LogP contribution in [-0.2, 0) is 7.05 Å². The molecular formula is C12H16N4S. The lowest BCUT2D eigenvalue weighted by Gasteiger charge is -2.14. The Bertz CT molecular complexity index is 455. The van der Waals surface area contributed by atoms with Gasteiger partial charge < -0.3 is 5.73 Å². The second-order valence-corrected chi connectivity index (χ2v) is 4.81. The molecule has 2 rings (SSSR count). The van der Waals surface area contributed by atoms with E-state index >= 15 is 0 Å². The molecule has 2 aromatic rings. The van der Waals surface area contributed by atoms with Gasteiger partial charge in [-0.3, -0.25) is 0 Å². The van der Waals surface area contributed by atoms with Crippen LogP contribution in [0.15, 0.2) is 41.8 Å². The third-order valence-corrected chi connectivity index (χ3v) is 3.84. The summed E-state index contributed by atoms with van der Waals surface area (Å²) in [5.74, 6) is 1.28. The van der Waals surface area contributed by atoms with Crippen molar-refractivity contribution in [2.24, 2.45) is 12.8 Å². The van der Waals surface area contributed by atoms with Crippen LogP contribution < -0.4 is 5.73 Å². The van der Waals surface area contributed by atoms with Crippen LogP contribution in [0.25, 0.3) is 0 Å². The predicted octanol–water partition coefficient (Wildman–Crippen LogP) is 1.65. The summed E-state index contributed by atoms with van der Waals surface area (Å²) in [5.41, 5.74) is 7.11. The Hall–Kier alpha value is -1.33. The Balaban J connectivity index is 1.99. The zero-order chi connectivity index (χ0) is 12.1. The second-order valence-electron chi connectivity index (χ2n) is 3.82. The third kappa shape index (κ3) is 3.08. The van der Waals surface area contributed by atoms with E-state index < -0.39 is 0 Å². The Labute approximate surface area is 105 Å². The van der Waals surface area contributed by atoms with Crippen LogP contribution in [0.5, 0.6) is 0 Å². The molecule has 0 aliphatic heterocycles. The summed E-state index contributed by atoms with van der Waals surface area (Å²) in [5, 5.41) is 4.98. The van der Waals surface area contributed by atoms with E-state index in [9.17, 15) is 0 Å². The number of aryl methyl sites for hydroxylation is 1. The molecule has 0 saturated carbocycles. The van der Waals surface area contributed by atoms with Gasteiger partial charge in [-0.25, -0.2) is 9.67 Å². The molecule has 0 radical (unpaired) electrons. The molecule has 5 heteroatoms. The fourth-order valence-corrected chi connectivity index (χ4v) is 2.65. The number of nitrogens with zero attached hydrogens (tertiary/aromatic N) is 3. The SMILES string of the molecule is Cn1ncnc1SCC(CN)c1ccccc1. The van der Waals surface area contributed by atoms with Gasteiger partial charge in [0.05, 0.1) is 0 Å². The molecule has 2 N–H and O–H groups in total. The average molecular weight is 248 g/mol. The maximum atomic E-state index is 5.83. The Morgan fingerprint density at radius 2 is 2.12 bits per heavy atom. The molecule has 0 amide bonds. The molecule has 1 unspecified atom stereocenters. The van der Waals surface area contributed by atoms with Crippen LogP contribution in [0.3, 0.4) is 0 Å². The van der Waals surface area contributed by atoms with Crippen LogP contribution in [0.4, 0.5) is 0 Å². The maximum absolute atomic E-state index is 5.83. The summed E-state index contributed by atoms with van der Waals surface area (Å²) in [6.45, 7) is 0.648. The Morgan fingerprint density at radius 3 is 2.71 bits per heavy atom. The summed E-state index contributed by atoms with van der Waals surface area (Å²) >= 11 is 1.69. The van der Waals surface area contributed by atoms with Crippen LogP contribution in [0, 0.1) is 0 Å². The maximum Gasteiger partial charge on any atom is 0.185 e. The van der Waals surface area contributed by atoms with Gasteiger partial charge in [0.2, 0.25) is 0 Å². The highest BCUT2D eigenvalue weighted by Gasteiger charge is 2.11. The lowest BCUT2D eigenvalue weighted by Crippen LogP contribution is -2.15. The molecule has 0 bridgehead atoms. The zero-order valence-corrected chi connectivity index (χ0v) is 10.6. The molecule has 0 aliphatic rings. The molecule has 1 aromatic heterocycles. The molecule has 0 saturated heterocycles. The largest absolute Gasteiger partial charge is 0.330 e. The van der Waals surface area contributed by atoms with E-state index in [0.29, 0.717) is 12.5 Å². The highest BCUT2D eigenvalue weighted by atomic mass is 32.2. The van der Waals surface area contributed by atoms with E-state index in [1.54, 1.807) is 22.8 Å². The van der Waals surface area contributed by atoms with Crippen molar-refractivity contribution < 1.29 is 0 Å². The molecule has 90 valence electrons. The molecule has 1 atom stereocenters. The van der Waals surface area contributed by atoms with Crippen LogP contribution in [-0.4, -0.2) is 27.1 Å². The van der Waals surface area contributed by atoms with Gasteiger partial charge in [0, 0.05) is 18.7 Å². The van der Waals surface area contributed by atoms with Crippen molar-refractivity contribution in [2.75, 3.05) is 12.3 Å². The van der Waals surface area contributed by atoms with Crippen molar-refractivity contribution in [1.82, 2.24) is 14.8 Å². The third-order valence-electron chi connectivity index (χ3n) is 2.64. The number of aromatic nitrogens is 3. The molecular weight excluding hydrogens is 232 g/mol. The number of hydrogen-bond donors (Lipinski definition) is 1. The zero-order valence-electron chi connectivity index (χ0n) is 9.78. The van der Waals surface area contributed by atoms with Crippen molar-refractivity contribution in [3.05, 3.63) is 42.2 Å². The highest BCUT2D eigenvalue weighted by molar-refractivity contribution is 7.99. The van der Waals surface area contributed by atoms with Gasteiger partial charge in [0.1, 0.15) is 6.33 Å². The van der Waals surface area contributed by atoms with Crippen molar-refractivity contribution >= 4 is 11.8 Å². The normalized spacial score (nSPS) is 12.6.